The van der Waals surface area contributed by atoms with Crippen LogP contribution in [0.2, 0.25) is 0 Å². The number of hydrogen-bond donors (Lipinski definition) is 1. The Morgan fingerprint density at radius 1 is 1.25 bits per heavy atom. The Hall–Kier alpha value is -2.21. The summed E-state index contributed by atoms with van der Waals surface area (Å²) in [6.45, 7) is 4.48. The van der Waals surface area contributed by atoms with E-state index in [1.165, 1.54) is 23.5 Å². The maximum atomic E-state index is 13.0. The van der Waals surface area contributed by atoms with Crippen LogP contribution < -0.4 is 5.32 Å². The normalized spacial score (nSPS) is 10.5. The van der Waals surface area contributed by atoms with Gasteiger partial charge in [0.1, 0.15) is 5.82 Å². The number of thiophene rings is 1. The Morgan fingerprint density at radius 2 is 1.96 bits per heavy atom. The van der Waals surface area contributed by atoms with Crippen LogP contribution in [0.4, 0.5) is 4.39 Å². The molecule has 4 nitrogen and oxygen atoms in total. The van der Waals surface area contributed by atoms with E-state index in [0.717, 1.165) is 22.4 Å². The number of esters is 1. The van der Waals surface area contributed by atoms with Gasteiger partial charge in [0.15, 0.2) is 0 Å². The predicted octanol–water partition coefficient (Wildman–Crippen LogP) is 3.94. The van der Waals surface area contributed by atoms with Crippen molar-refractivity contribution in [3.8, 4) is 10.4 Å². The summed E-state index contributed by atoms with van der Waals surface area (Å²) in [4.78, 5) is 25.1. The van der Waals surface area contributed by atoms with Gasteiger partial charge in [0.2, 0.25) is 0 Å². The molecule has 1 heterocycles. The number of hydrogen-bond acceptors (Lipinski definition) is 4. The van der Waals surface area contributed by atoms with Gasteiger partial charge in [-0.25, -0.2) is 4.39 Å². The first-order chi connectivity index (χ1) is 11.5. The minimum absolute atomic E-state index is 0.154. The maximum Gasteiger partial charge on any atom is 0.307 e. The fraction of sp³-hybridized carbons (Fsp3) is 0.333. The van der Waals surface area contributed by atoms with Crippen LogP contribution in [0, 0.1) is 12.7 Å². The second kappa shape index (κ2) is 8.59. The van der Waals surface area contributed by atoms with Gasteiger partial charge < -0.3 is 10.1 Å². The van der Waals surface area contributed by atoms with Gasteiger partial charge in [-0.1, -0.05) is 19.1 Å². The number of amides is 1. The summed E-state index contributed by atoms with van der Waals surface area (Å²) in [7, 11) is 0. The van der Waals surface area contributed by atoms with E-state index in [2.05, 4.69) is 5.32 Å². The molecule has 1 amide bonds. The van der Waals surface area contributed by atoms with Crippen molar-refractivity contribution in [2.45, 2.75) is 26.7 Å². The second-order valence-electron chi connectivity index (χ2n) is 5.36. The molecule has 24 heavy (non-hydrogen) atoms. The van der Waals surface area contributed by atoms with Crippen molar-refractivity contribution in [3.63, 3.8) is 0 Å². The third-order valence-electron chi connectivity index (χ3n) is 3.33. The molecule has 0 saturated carbocycles. The fourth-order valence-electron chi connectivity index (χ4n) is 2.14. The van der Waals surface area contributed by atoms with E-state index >= 15 is 0 Å². The highest BCUT2D eigenvalue weighted by molar-refractivity contribution is 7.17. The van der Waals surface area contributed by atoms with E-state index < -0.39 is 0 Å². The molecule has 0 fully saturated rings. The van der Waals surface area contributed by atoms with Crippen molar-refractivity contribution >= 4 is 23.2 Å². The molecule has 0 aliphatic rings. The van der Waals surface area contributed by atoms with Crippen LogP contribution in [0.3, 0.4) is 0 Å². The van der Waals surface area contributed by atoms with Crippen molar-refractivity contribution in [2.75, 3.05) is 13.2 Å². The molecule has 1 N–H and O–H groups in total. The topological polar surface area (TPSA) is 55.4 Å². The molecule has 1 aromatic carbocycles. The molecule has 0 aliphatic carbocycles. The molecule has 128 valence electrons. The molecule has 1 aromatic heterocycles. The van der Waals surface area contributed by atoms with Gasteiger partial charge in [-0.3, -0.25) is 9.59 Å². The SMILES string of the molecule is CCCOC(=O)CCNC(=O)c1cc(C)c(-c2ccc(F)cc2)s1. The number of halogens is 1. The highest BCUT2D eigenvalue weighted by atomic mass is 32.1. The molecule has 0 radical (unpaired) electrons. The van der Waals surface area contributed by atoms with Crippen LogP contribution in [-0.4, -0.2) is 25.0 Å². The summed E-state index contributed by atoms with van der Waals surface area (Å²) in [5, 5.41) is 2.72. The van der Waals surface area contributed by atoms with Gasteiger partial charge in [-0.2, -0.15) is 0 Å². The van der Waals surface area contributed by atoms with Crippen molar-refractivity contribution < 1.29 is 18.7 Å². The minimum atomic E-state index is -0.313. The third-order valence-corrected chi connectivity index (χ3v) is 4.61. The molecule has 0 atom stereocenters. The van der Waals surface area contributed by atoms with E-state index in [9.17, 15) is 14.0 Å². The van der Waals surface area contributed by atoms with Crippen molar-refractivity contribution in [3.05, 3.63) is 46.6 Å². The quantitative estimate of drug-likeness (QED) is 0.771. The number of benzene rings is 1. The fourth-order valence-corrected chi connectivity index (χ4v) is 3.23. The summed E-state index contributed by atoms with van der Waals surface area (Å²) in [5.41, 5.74) is 1.83. The first-order valence-electron chi connectivity index (χ1n) is 7.81. The van der Waals surface area contributed by atoms with E-state index in [-0.39, 0.29) is 30.7 Å². The second-order valence-corrected chi connectivity index (χ2v) is 6.41. The summed E-state index contributed by atoms with van der Waals surface area (Å²) in [6, 6.07) is 7.99. The lowest BCUT2D eigenvalue weighted by atomic mass is 10.1. The average Bonchev–Trinajstić information content (AvgIpc) is 2.95. The molecular formula is C18H20FNO3S. The maximum absolute atomic E-state index is 13.0. The smallest absolute Gasteiger partial charge is 0.307 e. The highest BCUT2D eigenvalue weighted by Gasteiger charge is 2.14. The standard InChI is InChI=1S/C18H20FNO3S/c1-3-10-23-16(21)8-9-20-18(22)15-11-12(2)17(24-15)13-4-6-14(19)7-5-13/h4-7,11H,3,8-10H2,1-2H3,(H,20,22). The van der Waals surface area contributed by atoms with Gasteiger partial charge in [0.25, 0.3) is 5.91 Å². The van der Waals surface area contributed by atoms with Crippen molar-refractivity contribution in [1.29, 1.82) is 0 Å². The van der Waals surface area contributed by atoms with Gasteiger partial charge in [0, 0.05) is 11.4 Å². The van der Waals surface area contributed by atoms with Crippen molar-refractivity contribution in [2.24, 2.45) is 0 Å². The number of ether oxygens (including phenoxy) is 1. The molecule has 0 spiro atoms. The Bertz CT molecular complexity index is 710. The Labute approximate surface area is 144 Å². The largest absolute Gasteiger partial charge is 0.466 e. The van der Waals surface area contributed by atoms with E-state index in [1.54, 1.807) is 18.2 Å². The number of nitrogens with one attached hydrogen (secondary N) is 1. The third kappa shape index (κ3) is 4.89. The highest BCUT2D eigenvalue weighted by Crippen LogP contribution is 2.32. The zero-order valence-electron chi connectivity index (χ0n) is 13.7. The van der Waals surface area contributed by atoms with Crippen LogP contribution in [0.5, 0.6) is 0 Å². The monoisotopic (exact) mass is 349 g/mol. The Kier molecular flexibility index (Phi) is 6.49. The zero-order chi connectivity index (χ0) is 17.5. The lowest BCUT2D eigenvalue weighted by Crippen LogP contribution is -2.25. The number of carbonyl (C=O) groups is 2. The van der Waals surface area contributed by atoms with Crippen molar-refractivity contribution in [1.82, 2.24) is 5.32 Å². The van der Waals surface area contributed by atoms with E-state index in [0.29, 0.717) is 11.5 Å². The first-order valence-corrected chi connectivity index (χ1v) is 8.63. The molecular weight excluding hydrogens is 329 g/mol. The number of aryl methyl sites for hydroxylation is 1. The molecule has 0 aliphatic heterocycles. The first kappa shape index (κ1) is 18.1. The van der Waals surface area contributed by atoms with E-state index in [4.69, 9.17) is 4.74 Å². The molecule has 2 rings (SSSR count). The summed E-state index contributed by atoms with van der Waals surface area (Å²) >= 11 is 1.35. The zero-order valence-corrected chi connectivity index (χ0v) is 14.5. The summed E-state index contributed by atoms with van der Waals surface area (Å²) < 4.78 is 18.0. The summed E-state index contributed by atoms with van der Waals surface area (Å²) in [5.74, 6) is -0.827. The molecule has 2 aromatic rings. The number of rotatable bonds is 7. The van der Waals surface area contributed by atoms with Crippen LogP contribution in [0.25, 0.3) is 10.4 Å². The Morgan fingerprint density at radius 3 is 2.62 bits per heavy atom. The summed E-state index contributed by atoms with van der Waals surface area (Å²) in [6.07, 6.45) is 0.930. The average molecular weight is 349 g/mol. The van der Waals surface area contributed by atoms with Gasteiger partial charge >= 0.3 is 5.97 Å². The Balaban J connectivity index is 1.95. The van der Waals surface area contributed by atoms with Gasteiger partial charge in [0.05, 0.1) is 17.9 Å². The molecule has 0 saturated heterocycles. The molecule has 0 bridgehead atoms. The molecule has 6 heteroatoms. The predicted molar refractivity (Wildman–Crippen MR) is 92.7 cm³/mol. The van der Waals surface area contributed by atoms with Crippen LogP contribution in [0.1, 0.15) is 35.0 Å². The van der Waals surface area contributed by atoms with Crippen LogP contribution in [-0.2, 0) is 9.53 Å². The van der Waals surface area contributed by atoms with Crippen LogP contribution >= 0.6 is 11.3 Å². The van der Waals surface area contributed by atoms with Gasteiger partial charge in [-0.15, -0.1) is 11.3 Å². The lowest BCUT2D eigenvalue weighted by Gasteiger charge is -2.04. The van der Waals surface area contributed by atoms with Crippen LogP contribution in [0.15, 0.2) is 30.3 Å². The minimum Gasteiger partial charge on any atom is -0.466 e. The lowest BCUT2D eigenvalue weighted by molar-refractivity contribution is -0.143. The number of carbonyl (C=O) groups excluding carboxylic acids is 2. The molecule has 0 unspecified atom stereocenters. The van der Waals surface area contributed by atoms with E-state index in [1.807, 2.05) is 13.8 Å². The van der Waals surface area contributed by atoms with Gasteiger partial charge in [-0.05, 0) is 42.7 Å².